The lowest BCUT2D eigenvalue weighted by Crippen LogP contribution is -2.30. The zero-order valence-electron chi connectivity index (χ0n) is 10.5. The van der Waals surface area contributed by atoms with Crippen LogP contribution in [0.4, 0.5) is 0 Å². The summed E-state index contributed by atoms with van der Waals surface area (Å²) in [6.07, 6.45) is -1.63. The predicted octanol–water partition coefficient (Wildman–Crippen LogP) is -0.133. The highest BCUT2D eigenvalue weighted by molar-refractivity contribution is 7.89. The zero-order chi connectivity index (χ0) is 15.2. The number of sulfonamides is 1. The molecule has 0 spiro atoms. The van der Waals surface area contributed by atoms with Gasteiger partial charge in [-0.1, -0.05) is 12.1 Å². The van der Waals surface area contributed by atoms with Crippen LogP contribution in [0.25, 0.3) is 0 Å². The van der Waals surface area contributed by atoms with Crippen molar-refractivity contribution in [1.82, 2.24) is 4.72 Å². The smallest absolute Gasteiger partial charge is 0.332 e. The van der Waals surface area contributed by atoms with Gasteiger partial charge in [0, 0.05) is 6.54 Å². The van der Waals surface area contributed by atoms with Gasteiger partial charge in [-0.15, -0.1) is 0 Å². The van der Waals surface area contributed by atoms with Crippen molar-refractivity contribution in [2.24, 2.45) is 0 Å². The minimum absolute atomic E-state index is 0.0176. The molecule has 0 amide bonds. The Hall–Kier alpha value is -1.95. The largest absolute Gasteiger partial charge is 0.479 e. The SMILES string of the molecule is N#CCc1ccc(S(=O)(=O)NCC[C@H](O)C(=O)O)cc1. The first-order valence-electron chi connectivity index (χ1n) is 5.73. The van der Waals surface area contributed by atoms with E-state index in [2.05, 4.69) is 4.72 Å². The number of carboxylic acids is 1. The summed E-state index contributed by atoms with van der Waals surface area (Å²) in [4.78, 5) is 10.4. The molecule has 1 rings (SSSR count). The van der Waals surface area contributed by atoms with Crippen molar-refractivity contribution in [3.63, 3.8) is 0 Å². The van der Waals surface area contributed by atoms with Crippen LogP contribution in [0.2, 0.25) is 0 Å². The number of aliphatic hydroxyl groups excluding tert-OH is 1. The van der Waals surface area contributed by atoms with Crippen LogP contribution in [-0.4, -0.2) is 37.2 Å². The molecule has 0 bridgehead atoms. The van der Waals surface area contributed by atoms with Gasteiger partial charge < -0.3 is 10.2 Å². The Morgan fingerprint density at radius 3 is 2.45 bits per heavy atom. The average molecular weight is 298 g/mol. The van der Waals surface area contributed by atoms with Crippen LogP contribution in [0, 0.1) is 11.3 Å². The number of aliphatic carboxylic acids is 1. The highest BCUT2D eigenvalue weighted by Gasteiger charge is 2.17. The summed E-state index contributed by atoms with van der Waals surface area (Å²) >= 11 is 0. The number of hydrogen-bond acceptors (Lipinski definition) is 5. The van der Waals surface area contributed by atoms with E-state index in [-0.39, 0.29) is 24.3 Å². The van der Waals surface area contributed by atoms with Crippen LogP contribution in [0.3, 0.4) is 0 Å². The number of nitrogens with one attached hydrogen (secondary N) is 1. The monoisotopic (exact) mass is 298 g/mol. The van der Waals surface area contributed by atoms with Crippen molar-refractivity contribution in [1.29, 1.82) is 5.26 Å². The number of carbonyl (C=O) groups is 1. The molecule has 1 aromatic carbocycles. The van der Waals surface area contributed by atoms with Crippen molar-refractivity contribution < 1.29 is 23.4 Å². The number of aliphatic hydroxyl groups is 1. The normalized spacial score (nSPS) is 12.6. The molecular formula is C12H14N2O5S. The Morgan fingerprint density at radius 2 is 1.95 bits per heavy atom. The molecule has 0 aliphatic carbocycles. The molecule has 20 heavy (non-hydrogen) atoms. The number of hydrogen-bond donors (Lipinski definition) is 3. The van der Waals surface area contributed by atoms with Crippen molar-refractivity contribution >= 4 is 16.0 Å². The maximum atomic E-state index is 11.8. The molecule has 108 valence electrons. The first kappa shape index (κ1) is 16.1. The first-order chi connectivity index (χ1) is 9.36. The van der Waals surface area contributed by atoms with E-state index in [0.717, 1.165) is 0 Å². The van der Waals surface area contributed by atoms with Gasteiger partial charge in [0.15, 0.2) is 6.10 Å². The maximum absolute atomic E-state index is 11.8. The Labute approximate surface area is 116 Å². The quantitative estimate of drug-likeness (QED) is 0.643. The standard InChI is InChI=1S/C12H14N2O5S/c13-7-5-9-1-3-10(4-2-9)20(18,19)14-8-6-11(15)12(16)17/h1-4,11,14-15H,5-6,8H2,(H,16,17)/t11-/m0/s1. The number of nitrogens with zero attached hydrogens (tertiary/aromatic N) is 1. The molecular weight excluding hydrogens is 284 g/mol. The van der Waals surface area contributed by atoms with Crippen LogP contribution in [0.1, 0.15) is 12.0 Å². The Morgan fingerprint density at radius 1 is 1.35 bits per heavy atom. The fraction of sp³-hybridized carbons (Fsp3) is 0.333. The second-order valence-corrected chi connectivity index (χ2v) is 5.79. The number of rotatable bonds is 7. The van der Waals surface area contributed by atoms with Crippen molar-refractivity contribution in [2.45, 2.75) is 23.8 Å². The third-order valence-corrected chi connectivity index (χ3v) is 3.99. The molecule has 3 N–H and O–H groups in total. The molecule has 0 heterocycles. The molecule has 1 atom stereocenters. The molecule has 0 fully saturated rings. The second kappa shape index (κ2) is 7.00. The summed E-state index contributed by atoms with van der Waals surface area (Å²) in [5.74, 6) is -1.40. The van der Waals surface area contributed by atoms with Crippen LogP contribution in [0.5, 0.6) is 0 Å². The van der Waals surface area contributed by atoms with Crippen LogP contribution < -0.4 is 4.72 Å². The molecule has 0 saturated carbocycles. The van der Waals surface area contributed by atoms with Gasteiger partial charge in [-0.2, -0.15) is 5.26 Å². The Kier molecular flexibility index (Phi) is 5.64. The minimum atomic E-state index is -3.75. The van der Waals surface area contributed by atoms with Gasteiger partial charge >= 0.3 is 5.97 Å². The van der Waals surface area contributed by atoms with Gasteiger partial charge in [0.05, 0.1) is 17.4 Å². The second-order valence-electron chi connectivity index (χ2n) is 4.02. The van der Waals surface area contributed by atoms with E-state index in [9.17, 15) is 13.2 Å². The van der Waals surface area contributed by atoms with Crippen molar-refractivity contribution in [3.8, 4) is 6.07 Å². The fourth-order valence-electron chi connectivity index (χ4n) is 1.41. The molecule has 0 saturated heterocycles. The van der Waals surface area contributed by atoms with Gasteiger partial charge in [-0.25, -0.2) is 17.9 Å². The summed E-state index contributed by atoms with van der Waals surface area (Å²) in [6.45, 7) is -0.185. The Balaban J connectivity index is 2.65. The topological polar surface area (TPSA) is 127 Å². The fourth-order valence-corrected chi connectivity index (χ4v) is 2.46. The molecule has 0 unspecified atom stereocenters. The van der Waals surface area contributed by atoms with E-state index in [1.165, 1.54) is 24.3 Å². The van der Waals surface area contributed by atoms with E-state index in [1.807, 2.05) is 6.07 Å². The molecule has 0 aliphatic rings. The zero-order valence-corrected chi connectivity index (χ0v) is 11.3. The van der Waals surface area contributed by atoms with Crippen LogP contribution in [0.15, 0.2) is 29.2 Å². The molecule has 0 aliphatic heterocycles. The van der Waals surface area contributed by atoms with Gasteiger partial charge in [0.25, 0.3) is 0 Å². The molecule has 0 aromatic heterocycles. The molecule has 1 aromatic rings. The lowest BCUT2D eigenvalue weighted by Gasteiger charge is -2.08. The Bertz CT molecular complexity index is 604. The number of carboxylic acid groups (broad SMARTS) is 1. The first-order valence-corrected chi connectivity index (χ1v) is 7.21. The summed E-state index contributed by atoms with van der Waals surface area (Å²) in [7, 11) is -3.75. The highest BCUT2D eigenvalue weighted by Crippen LogP contribution is 2.10. The van der Waals surface area contributed by atoms with Gasteiger partial charge in [0.2, 0.25) is 10.0 Å². The van der Waals surface area contributed by atoms with Crippen LogP contribution in [-0.2, 0) is 21.2 Å². The number of nitriles is 1. The van der Waals surface area contributed by atoms with Gasteiger partial charge in [-0.3, -0.25) is 0 Å². The van der Waals surface area contributed by atoms with Crippen molar-refractivity contribution in [3.05, 3.63) is 29.8 Å². The average Bonchev–Trinajstić information content (AvgIpc) is 2.39. The molecule has 0 radical (unpaired) electrons. The van der Waals surface area contributed by atoms with E-state index >= 15 is 0 Å². The van der Waals surface area contributed by atoms with Crippen LogP contribution >= 0.6 is 0 Å². The summed E-state index contributed by atoms with van der Waals surface area (Å²) in [5, 5.41) is 26.0. The predicted molar refractivity (Wildman–Crippen MR) is 69.2 cm³/mol. The summed E-state index contributed by atoms with van der Waals surface area (Å²) in [6, 6.07) is 7.74. The molecule has 8 heteroatoms. The van der Waals surface area contributed by atoms with Crippen molar-refractivity contribution in [2.75, 3.05) is 6.54 Å². The lowest BCUT2D eigenvalue weighted by molar-refractivity contribution is -0.146. The highest BCUT2D eigenvalue weighted by atomic mass is 32.2. The van der Waals surface area contributed by atoms with Gasteiger partial charge in [0.1, 0.15) is 0 Å². The maximum Gasteiger partial charge on any atom is 0.332 e. The van der Waals surface area contributed by atoms with E-state index in [4.69, 9.17) is 15.5 Å². The van der Waals surface area contributed by atoms with E-state index in [1.54, 1.807) is 0 Å². The lowest BCUT2D eigenvalue weighted by atomic mass is 10.2. The third kappa shape index (κ3) is 4.62. The van der Waals surface area contributed by atoms with E-state index in [0.29, 0.717) is 5.56 Å². The third-order valence-electron chi connectivity index (χ3n) is 2.51. The molecule has 7 nitrogen and oxygen atoms in total. The minimum Gasteiger partial charge on any atom is -0.479 e. The van der Waals surface area contributed by atoms with E-state index < -0.39 is 22.1 Å². The number of benzene rings is 1. The van der Waals surface area contributed by atoms with Gasteiger partial charge in [-0.05, 0) is 24.1 Å². The summed E-state index contributed by atoms with van der Waals surface area (Å²) < 4.78 is 25.9. The summed E-state index contributed by atoms with van der Waals surface area (Å²) in [5.41, 5.74) is 0.702.